The molecule has 2 N–H and O–H groups in total. The van der Waals surface area contributed by atoms with Crippen molar-refractivity contribution in [2.45, 2.75) is 38.2 Å². The minimum Gasteiger partial charge on any atom is -0.475 e. The van der Waals surface area contributed by atoms with Crippen molar-refractivity contribution in [3.8, 4) is 0 Å². The monoisotopic (exact) mass is 382 g/mol. The fraction of sp³-hybridized carbons (Fsp3) is 0.846. The number of carboxylic acids is 1. The number of hydrogen-bond acceptors (Lipinski definition) is 4. The van der Waals surface area contributed by atoms with Gasteiger partial charge < -0.3 is 15.1 Å². The predicted octanol–water partition coefficient (Wildman–Crippen LogP) is 1.49. The summed E-state index contributed by atoms with van der Waals surface area (Å²) in [4.78, 5) is 23.4. The van der Waals surface area contributed by atoms with Crippen LogP contribution in [-0.2, 0) is 9.59 Å². The zero-order valence-electron chi connectivity index (χ0n) is 13.6. The summed E-state index contributed by atoms with van der Waals surface area (Å²) in [5.74, 6) is -3.63. The quantitative estimate of drug-likeness (QED) is 0.723. The van der Waals surface area contributed by atoms with Crippen LogP contribution < -0.4 is 0 Å². The van der Waals surface area contributed by atoms with Gasteiger partial charge >= 0.3 is 18.3 Å². The van der Waals surface area contributed by atoms with Crippen molar-refractivity contribution >= 4 is 11.9 Å². The van der Waals surface area contributed by atoms with E-state index in [1.807, 2.05) is 4.90 Å². The standard InChI is InChI=1S/C11H19F3N2O2.C2HF3O2/c1-10(2,18)8-15-3-5-16(6-4-15)9(17)7-11(12,13)14;3-2(4,5)1(6)7/h18H,3-8H2,1-2H3;(H,6,7). The molecule has 1 aliphatic heterocycles. The third-order valence-corrected chi connectivity index (χ3v) is 2.93. The molecule has 148 valence electrons. The molecule has 6 nitrogen and oxygen atoms in total. The van der Waals surface area contributed by atoms with Crippen molar-refractivity contribution in [2.75, 3.05) is 32.7 Å². The summed E-state index contributed by atoms with van der Waals surface area (Å²) in [6, 6.07) is 0. The molecule has 0 atom stereocenters. The minimum atomic E-state index is -5.08. The van der Waals surface area contributed by atoms with Crippen LogP contribution in [0, 0.1) is 0 Å². The Kier molecular flexibility index (Phi) is 8.15. The first-order valence-corrected chi connectivity index (χ1v) is 7.10. The van der Waals surface area contributed by atoms with Crippen molar-refractivity contribution < 1.29 is 46.1 Å². The summed E-state index contributed by atoms with van der Waals surface area (Å²) in [5.41, 5.74) is -0.835. The van der Waals surface area contributed by atoms with Crippen LogP contribution >= 0.6 is 0 Å². The van der Waals surface area contributed by atoms with Crippen molar-refractivity contribution in [2.24, 2.45) is 0 Å². The molecule has 1 heterocycles. The number of aliphatic hydroxyl groups is 1. The zero-order valence-corrected chi connectivity index (χ0v) is 13.6. The molecule has 1 saturated heterocycles. The second kappa shape index (κ2) is 8.70. The first-order valence-electron chi connectivity index (χ1n) is 7.10. The lowest BCUT2D eigenvalue weighted by molar-refractivity contribution is -0.192. The highest BCUT2D eigenvalue weighted by atomic mass is 19.4. The molecule has 12 heteroatoms. The molecule has 0 saturated carbocycles. The fourth-order valence-corrected chi connectivity index (χ4v) is 1.99. The number of aliphatic carboxylic acids is 1. The smallest absolute Gasteiger partial charge is 0.475 e. The molecule has 0 bridgehead atoms. The van der Waals surface area contributed by atoms with Crippen molar-refractivity contribution in [3.63, 3.8) is 0 Å². The lowest BCUT2D eigenvalue weighted by Gasteiger charge is -2.37. The van der Waals surface area contributed by atoms with Crippen molar-refractivity contribution in [3.05, 3.63) is 0 Å². The number of hydrogen-bond donors (Lipinski definition) is 2. The SMILES string of the molecule is CC(C)(O)CN1CCN(C(=O)CC(F)(F)F)CC1.O=C(O)C(F)(F)F. The summed E-state index contributed by atoms with van der Waals surface area (Å²) >= 11 is 0. The summed E-state index contributed by atoms with van der Waals surface area (Å²) in [5, 5.41) is 16.8. The van der Waals surface area contributed by atoms with Gasteiger partial charge in [-0.1, -0.05) is 0 Å². The second-order valence-corrected chi connectivity index (χ2v) is 6.06. The Balaban J connectivity index is 0.000000697. The Labute approximate surface area is 140 Å². The average Bonchev–Trinajstić information content (AvgIpc) is 2.35. The molecular formula is C13H20F6N2O4. The third-order valence-electron chi connectivity index (χ3n) is 2.93. The number of β-amino-alcohol motifs (C(OH)–C–C–N with tert-alkyl or cyclic N) is 1. The van der Waals surface area contributed by atoms with Crippen LogP contribution in [0.5, 0.6) is 0 Å². The van der Waals surface area contributed by atoms with Crippen molar-refractivity contribution in [1.82, 2.24) is 9.80 Å². The van der Waals surface area contributed by atoms with Crippen LogP contribution in [0.3, 0.4) is 0 Å². The number of amides is 1. The van der Waals surface area contributed by atoms with E-state index < -0.39 is 36.3 Å². The first kappa shape index (κ1) is 23.4. The van der Waals surface area contributed by atoms with Crippen molar-refractivity contribution in [1.29, 1.82) is 0 Å². The van der Waals surface area contributed by atoms with Crippen LogP contribution in [0.25, 0.3) is 0 Å². The molecule has 1 aliphatic rings. The van der Waals surface area contributed by atoms with E-state index in [1.165, 1.54) is 4.90 Å². The second-order valence-electron chi connectivity index (χ2n) is 6.06. The van der Waals surface area contributed by atoms with Crippen LogP contribution in [-0.4, -0.2) is 82.6 Å². The van der Waals surface area contributed by atoms with Crippen LogP contribution in [0.15, 0.2) is 0 Å². The van der Waals surface area contributed by atoms with Gasteiger partial charge in [0.05, 0.1) is 5.60 Å². The molecule has 0 aromatic carbocycles. The molecule has 0 aromatic rings. The van der Waals surface area contributed by atoms with E-state index in [2.05, 4.69) is 0 Å². The fourth-order valence-electron chi connectivity index (χ4n) is 1.99. The van der Waals surface area contributed by atoms with Crippen LogP contribution in [0.4, 0.5) is 26.3 Å². The highest BCUT2D eigenvalue weighted by molar-refractivity contribution is 5.77. The van der Waals surface area contributed by atoms with Crippen LogP contribution in [0.2, 0.25) is 0 Å². The van der Waals surface area contributed by atoms with Crippen LogP contribution in [0.1, 0.15) is 20.3 Å². The van der Waals surface area contributed by atoms with E-state index in [-0.39, 0.29) is 13.1 Å². The maximum Gasteiger partial charge on any atom is 0.490 e. The van der Waals surface area contributed by atoms with E-state index in [0.29, 0.717) is 19.6 Å². The lowest BCUT2D eigenvalue weighted by atomic mass is 10.1. The summed E-state index contributed by atoms with van der Waals surface area (Å²) < 4.78 is 67.9. The summed E-state index contributed by atoms with van der Waals surface area (Å²) in [7, 11) is 0. The van der Waals surface area contributed by atoms with E-state index in [4.69, 9.17) is 9.90 Å². The predicted molar refractivity (Wildman–Crippen MR) is 73.7 cm³/mol. The number of carbonyl (C=O) groups excluding carboxylic acids is 1. The van der Waals surface area contributed by atoms with Gasteiger partial charge in [0, 0.05) is 32.7 Å². The molecular weight excluding hydrogens is 362 g/mol. The van der Waals surface area contributed by atoms with Gasteiger partial charge in [-0.2, -0.15) is 26.3 Å². The molecule has 0 radical (unpaired) electrons. The van der Waals surface area contributed by atoms with E-state index in [0.717, 1.165) is 0 Å². The first-order chi connectivity index (χ1) is 11.0. The third kappa shape index (κ3) is 11.6. The Morgan fingerprint density at radius 3 is 1.64 bits per heavy atom. The lowest BCUT2D eigenvalue weighted by Crippen LogP contribution is -2.52. The number of piperazine rings is 1. The molecule has 1 fully saturated rings. The number of halogens is 6. The number of carboxylic acid groups (broad SMARTS) is 1. The number of nitrogens with zero attached hydrogens (tertiary/aromatic N) is 2. The number of carbonyl (C=O) groups is 2. The van der Waals surface area contributed by atoms with Gasteiger partial charge in [-0.3, -0.25) is 9.69 Å². The molecule has 1 amide bonds. The maximum atomic E-state index is 12.1. The number of rotatable bonds is 3. The number of alkyl halides is 6. The maximum absolute atomic E-state index is 12.1. The summed E-state index contributed by atoms with van der Waals surface area (Å²) in [6.07, 6.45) is -10.9. The van der Waals surface area contributed by atoms with Gasteiger partial charge in [0.15, 0.2) is 0 Å². The molecule has 1 rings (SSSR count). The largest absolute Gasteiger partial charge is 0.490 e. The Hall–Kier alpha value is -1.56. The van der Waals surface area contributed by atoms with E-state index >= 15 is 0 Å². The van der Waals surface area contributed by atoms with Gasteiger partial charge in [-0.25, -0.2) is 4.79 Å². The van der Waals surface area contributed by atoms with Gasteiger partial charge in [-0.05, 0) is 13.8 Å². The Morgan fingerprint density at radius 2 is 1.36 bits per heavy atom. The zero-order chi connectivity index (χ0) is 20.1. The highest BCUT2D eigenvalue weighted by Crippen LogP contribution is 2.21. The van der Waals surface area contributed by atoms with Gasteiger partial charge in [0.2, 0.25) is 5.91 Å². The van der Waals surface area contributed by atoms with Gasteiger partial charge in [0.1, 0.15) is 6.42 Å². The molecule has 0 spiro atoms. The topological polar surface area (TPSA) is 81.1 Å². The van der Waals surface area contributed by atoms with Gasteiger partial charge in [0.25, 0.3) is 0 Å². The molecule has 0 unspecified atom stereocenters. The molecule has 0 aliphatic carbocycles. The highest BCUT2D eigenvalue weighted by Gasteiger charge is 2.38. The summed E-state index contributed by atoms with van der Waals surface area (Å²) in [6.45, 7) is 5.35. The van der Waals surface area contributed by atoms with E-state index in [9.17, 15) is 36.2 Å². The average molecular weight is 382 g/mol. The normalized spacial score (nSPS) is 16.9. The van der Waals surface area contributed by atoms with Gasteiger partial charge in [-0.15, -0.1) is 0 Å². The Morgan fingerprint density at radius 1 is 0.960 bits per heavy atom. The minimum absolute atomic E-state index is 0.283. The van der Waals surface area contributed by atoms with E-state index in [1.54, 1.807) is 13.8 Å². The molecule has 0 aromatic heterocycles. The Bertz CT molecular complexity index is 451. The molecule has 25 heavy (non-hydrogen) atoms.